The summed E-state index contributed by atoms with van der Waals surface area (Å²) in [5.41, 5.74) is 0. The maximum Gasteiger partial charge on any atom is 0.217 e. The highest BCUT2D eigenvalue weighted by Crippen LogP contribution is 2.30. The van der Waals surface area contributed by atoms with Crippen molar-refractivity contribution in [1.29, 1.82) is 0 Å². The van der Waals surface area contributed by atoms with E-state index in [1.807, 2.05) is 0 Å². The van der Waals surface area contributed by atoms with Crippen LogP contribution < -0.4 is 5.32 Å². The van der Waals surface area contributed by atoms with Gasteiger partial charge in [0, 0.05) is 6.92 Å². The van der Waals surface area contributed by atoms with E-state index in [0.29, 0.717) is 0 Å². The van der Waals surface area contributed by atoms with Crippen molar-refractivity contribution in [1.82, 2.24) is 5.32 Å². The molecule has 0 bridgehead atoms. The molecule has 1 unspecified atom stereocenters. The van der Waals surface area contributed by atoms with E-state index < -0.39 is 80.5 Å². The molecular weight excluding hydrogens is 358 g/mol. The highest BCUT2D eigenvalue weighted by atomic mass is 16.7. The molecule has 0 aromatic heterocycles. The van der Waals surface area contributed by atoms with Gasteiger partial charge in [-0.1, -0.05) is 0 Å². The summed E-state index contributed by atoms with van der Waals surface area (Å²) in [4.78, 5) is 11.2. The van der Waals surface area contributed by atoms with Gasteiger partial charge in [-0.15, -0.1) is 0 Å². The fraction of sp³-hybridized carbons (Fsp3) is 0.929. The van der Waals surface area contributed by atoms with Crippen LogP contribution >= 0.6 is 0 Å². The predicted octanol–water partition coefficient (Wildman–Crippen LogP) is -5.25. The Hall–Kier alpha value is -0.930. The molecule has 2 heterocycles. The Labute approximate surface area is 148 Å². The average molecular weight is 383 g/mol. The molecule has 0 aliphatic carbocycles. The molecular formula is C14H25NO11. The van der Waals surface area contributed by atoms with Gasteiger partial charge in [-0.3, -0.25) is 4.79 Å². The number of nitrogens with one attached hydrogen (secondary N) is 1. The van der Waals surface area contributed by atoms with Gasteiger partial charge >= 0.3 is 0 Å². The molecule has 1 amide bonds. The fourth-order valence-corrected chi connectivity index (χ4v) is 3.00. The first-order valence-electron chi connectivity index (χ1n) is 8.06. The van der Waals surface area contributed by atoms with Gasteiger partial charge in [-0.25, -0.2) is 0 Å². The maximum atomic E-state index is 11.2. The van der Waals surface area contributed by atoms with Crippen LogP contribution in [0.2, 0.25) is 0 Å². The molecule has 10 atom stereocenters. The van der Waals surface area contributed by atoms with E-state index in [0.717, 1.165) is 6.92 Å². The van der Waals surface area contributed by atoms with Crippen molar-refractivity contribution in [3.63, 3.8) is 0 Å². The summed E-state index contributed by atoms with van der Waals surface area (Å²) in [6, 6.07) is -1.28. The van der Waals surface area contributed by atoms with Gasteiger partial charge in [-0.05, 0) is 0 Å². The summed E-state index contributed by atoms with van der Waals surface area (Å²) in [5.74, 6) is -0.559. The van der Waals surface area contributed by atoms with Crippen LogP contribution in [0.15, 0.2) is 0 Å². The van der Waals surface area contributed by atoms with Crippen LogP contribution in [0.4, 0.5) is 0 Å². The quantitative estimate of drug-likeness (QED) is 0.218. The summed E-state index contributed by atoms with van der Waals surface area (Å²) in [7, 11) is 0. The number of aliphatic hydroxyl groups excluding tert-OH is 7. The van der Waals surface area contributed by atoms with E-state index in [9.17, 15) is 35.4 Å². The third kappa shape index (κ3) is 4.31. The SMILES string of the molecule is CC(=O)N[C@H]1C(O)O[C@H](CO)[C@@H](O[C@@H]2O[C@@H]([C@H](O)CO)[C@H](O)[C@H]2O)[C@@H]1O. The Kier molecular flexibility index (Phi) is 7.27. The Morgan fingerprint density at radius 1 is 1.12 bits per heavy atom. The number of rotatable bonds is 6. The van der Waals surface area contributed by atoms with Crippen molar-refractivity contribution in [2.45, 2.75) is 68.3 Å². The monoisotopic (exact) mass is 383 g/mol. The van der Waals surface area contributed by atoms with E-state index in [4.69, 9.17) is 19.3 Å². The molecule has 2 saturated heterocycles. The van der Waals surface area contributed by atoms with Crippen LogP contribution in [0.1, 0.15) is 6.92 Å². The first kappa shape index (κ1) is 21.4. The normalized spacial score (nSPS) is 44.7. The third-order valence-electron chi connectivity index (χ3n) is 4.36. The molecule has 2 rings (SSSR count). The van der Waals surface area contributed by atoms with Gasteiger partial charge in [0.25, 0.3) is 0 Å². The second-order valence-corrected chi connectivity index (χ2v) is 6.27. The van der Waals surface area contributed by atoms with Crippen molar-refractivity contribution in [2.24, 2.45) is 0 Å². The number of hydrogen-bond donors (Lipinski definition) is 8. The fourth-order valence-electron chi connectivity index (χ4n) is 3.00. The molecule has 8 N–H and O–H groups in total. The molecule has 0 spiro atoms. The zero-order chi connectivity index (χ0) is 19.6. The lowest BCUT2D eigenvalue weighted by Gasteiger charge is -2.43. The average Bonchev–Trinajstić information content (AvgIpc) is 2.88. The minimum absolute atomic E-state index is 0.559. The van der Waals surface area contributed by atoms with E-state index in [-0.39, 0.29) is 0 Å². The van der Waals surface area contributed by atoms with E-state index in [2.05, 4.69) is 5.32 Å². The van der Waals surface area contributed by atoms with Crippen molar-refractivity contribution in [3.05, 3.63) is 0 Å². The summed E-state index contributed by atoms with van der Waals surface area (Å²) >= 11 is 0. The zero-order valence-electron chi connectivity index (χ0n) is 14.0. The van der Waals surface area contributed by atoms with Gasteiger partial charge in [0.15, 0.2) is 12.6 Å². The van der Waals surface area contributed by atoms with Crippen molar-refractivity contribution < 1.29 is 54.8 Å². The van der Waals surface area contributed by atoms with Crippen LogP contribution in [-0.4, -0.2) is 116 Å². The number of ether oxygens (including phenoxy) is 3. The maximum absolute atomic E-state index is 11.2. The van der Waals surface area contributed by atoms with Gasteiger partial charge in [-0.2, -0.15) is 0 Å². The molecule has 2 fully saturated rings. The topological polar surface area (TPSA) is 198 Å². The standard InChI is InChI=1S/C14H25NO11/c1-4(18)15-7-8(20)12(6(3-17)24-13(7)23)26-14-10(22)9(21)11(25-14)5(19)2-16/h5-14,16-17,19-23H,2-3H2,1H3,(H,15,18)/t5-,6-,7-,8-,9-,10-,11+,12-,13?,14+/m1/s1. The smallest absolute Gasteiger partial charge is 0.217 e. The van der Waals surface area contributed by atoms with Crippen molar-refractivity contribution in [3.8, 4) is 0 Å². The van der Waals surface area contributed by atoms with Crippen LogP contribution in [0.3, 0.4) is 0 Å². The lowest BCUT2D eigenvalue weighted by molar-refractivity contribution is -0.300. The molecule has 152 valence electrons. The van der Waals surface area contributed by atoms with Crippen LogP contribution in [0.25, 0.3) is 0 Å². The molecule has 12 heteroatoms. The van der Waals surface area contributed by atoms with Crippen LogP contribution in [0, 0.1) is 0 Å². The lowest BCUT2D eigenvalue weighted by atomic mass is 9.96. The second-order valence-electron chi connectivity index (χ2n) is 6.27. The number of hydrogen-bond acceptors (Lipinski definition) is 11. The minimum Gasteiger partial charge on any atom is -0.394 e. The zero-order valence-corrected chi connectivity index (χ0v) is 14.0. The molecule has 26 heavy (non-hydrogen) atoms. The molecule has 0 aromatic rings. The Bertz CT molecular complexity index is 480. The largest absolute Gasteiger partial charge is 0.394 e. The predicted molar refractivity (Wildman–Crippen MR) is 80.2 cm³/mol. The van der Waals surface area contributed by atoms with Gasteiger partial charge < -0.3 is 55.3 Å². The number of carbonyl (C=O) groups is 1. The van der Waals surface area contributed by atoms with E-state index in [1.165, 1.54) is 0 Å². The lowest BCUT2D eigenvalue weighted by Crippen LogP contribution is -2.65. The van der Waals surface area contributed by atoms with Gasteiger partial charge in [0.2, 0.25) is 5.91 Å². The molecule has 0 saturated carbocycles. The summed E-state index contributed by atoms with van der Waals surface area (Å²) in [5, 5.41) is 70.4. The second kappa shape index (κ2) is 8.84. The first-order chi connectivity index (χ1) is 12.2. The number of carbonyl (C=O) groups excluding carboxylic acids is 1. The van der Waals surface area contributed by atoms with Crippen LogP contribution in [0.5, 0.6) is 0 Å². The highest BCUT2D eigenvalue weighted by molar-refractivity contribution is 5.73. The minimum atomic E-state index is -1.63. The number of amides is 1. The van der Waals surface area contributed by atoms with E-state index >= 15 is 0 Å². The van der Waals surface area contributed by atoms with Gasteiger partial charge in [0.1, 0.15) is 48.8 Å². The Balaban J connectivity index is 2.13. The van der Waals surface area contributed by atoms with E-state index in [1.54, 1.807) is 0 Å². The summed E-state index contributed by atoms with van der Waals surface area (Å²) in [6.45, 7) is -0.236. The molecule has 2 aliphatic rings. The highest BCUT2D eigenvalue weighted by Gasteiger charge is 2.51. The molecule has 2 aliphatic heterocycles. The summed E-state index contributed by atoms with van der Waals surface area (Å²) < 4.78 is 15.7. The van der Waals surface area contributed by atoms with Crippen molar-refractivity contribution in [2.75, 3.05) is 13.2 Å². The molecule has 0 aromatic carbocycles. The van der Waals surface area contributed by atoms with Crippen molar-refractivity contribution >= 4 is 5.91 Å². The Morgan fingerprint density at radius 3 is 2.31 bits per heavy atom. The number of aliphatic hydroxyl groups is 7. The Morgan fingerprint density at radius 2 is 1.77 bits per heavy atom. The first-order valence-corrected chi connectivity index (χ1v) is 8.06. The van der Waals surface area contributed by atoms with Crippen LogP contribution in [-0.2, 0) is 19.0 Å². The molecule has 0 radical (unpaired) electrons. The van der Waals surface area contributed by atoms with Gasteiger partial charge in [0.05, 0.1) is 13.2 Å². The third-order valence-corrected chi connectivity index (χ3v) is 4.36. The summed E-state index contributed by atoms with van der Waals surface area (Å²) in [6.07, 6.45) is -13.3. The molecule has 12 nitrogen and oxygen atoms in total.